The minimum Gasteiger partial charge on any atom is -0.387 e. The third-order valence-electron chi connectivity index (χ3n) is 7.51. The van der Waals surface area contributed by atoms with Crippen LogP contribution >= 0.6 is 26.8 Å². The average molecular weight is 821 g/mol. The topological polar surface area (TPSA) is 267 Å². The van der Waals surface area contributed by atoms with Crippen molar-refractivity contribution in [1.82, 2.24) is 25.1 Å². The van der Waals surface area contributed by atoms with Gasteiger partial charge < -0.3 is 63.3 Å². The summed E-state index contributed by atoms with van der Waals surface area (Å²) >= 11 is 6.36. The molecule has 0 spiro atoms. The molecule has 1 aliphatic rings. The first-order valence-corrected chi connectivity index (χ1v) is 20.4. The fourth-order valence-corrected chi connectivity index (χ4v) is 7.87. The highest BCUT2D eigenvalue weighted by Gasteiger charge is 2.46. The number of nitrogens with one attached hydrogen (secondary N) is 1. The number of aliphatic hydroxyl groups is 2. The lowest BCUT2D eigenvalue weighted by Gasteiger charge is -2.24. The Morgan fingerprint density at radius 2 is 1.63 bits per heavy atom. The van der Waals surface area contributed by atoms with Crippen molar-refractivity contribution in [2.45, 2.75) is 31.1 Å². The molecule has 4 rings (SSSR count). The number of ether oxygens (including phenoxy) is 5. The van der Waals surface area contributed by atoms with E-state index in [-0.39, 0.29) is 55.5 Å². The lowest BCUT2D eigenvalue weighted by atomic mass is 10.1. The number of benzene rings is 1. The van der Waals surface area contributed by atoms with Crippen LogP contribution in [0.4, 0.5) is 5.82 Å². The first-order valence-electron chi connectivity index (χ1n) is 16.5. The second kappa shape index (κ2) is 21.3. The van der Waals surface area contributed by atoms with Crippen LogP contribution in [0, 0.1) is 12.3 Å². The molecule has 1 fully saturated rings. The molecule has 6 N–H and O–H groups in total. The largest absolute Gasteiger partial charge is 0.387 e. The van der Waals surface area contributed by atoms with Crippen molar-refractivity contribution in [1.29, 1.82) is 0 Å². The van der Waals surface area contributed by atoms with Crippen LogP contribution in [0.1, 0.15) is 11.8 Å². The van der Waals surface area contributed by atoms with Crippen molar-refractivity contribution in [3.05, 3.63) is 47.4 Å². The number of aromatic nitrogens is 4. The van der Waals surface area contributed by atoms with Crippen LogP contribution in [-0.2, 0) is 48.7 Å². The van der Waals surface area contributed by atoms with E-state index in [1.54, 1.807) is 4.90 Å². The Hall–Kier alpha value is -3.09. The van der Waals surface area contributed by atoms with Crippen molar-refractivity contribution >= 4 is 49.6 Å². The van der Waals surface area contributed by atoms with Crippen molar-refractivity contribution in [3.63, 3.8) is 0 Å². The van der Waals surface area contributed by atoms with Gasteiger partial charge in [0.2, 0.25) is 11.2 Å². The number of aliphatic hydroxyl groups excluding tert-OH is 2. The highest BCUT2D eigenvalue weighted by molar-refractivity contribution is 7.70. The molecule has 5 atom stereocenters. The molecule has 20 nitrogen and oxygen atoms in total. The molecule has 3 aromatic rings. The highest BCUT2D eigenvalue weighted by atomic mass is 35.5. The predicted octanol–water partition coefficient (Wildman–Crippen LogP) is 0.259. The van der Waals surface area contributed by atoms with Gasteiger partial charge in [-0.3, -0.25) is 13.9 Å². The van der Waals surface area contributed by atoms with Gasteiger partial charge in [0.25, 0.3) is 0 Å². The molecule has 54 heavy (non-hydrogen) atoms. The van der Waals surface area contributed by atoms with Crippen LogP contribution < -0.4 is 10.2 Å². The Morgan fingerprint density at radius 3 is 2.28 bits per heavy atom. The number of nitrogens with zero attached hydrogens (tertiary/aromatic N) is 5. The number of hydrogen-bond acceptors (Lipinski definition) is 15. The van der Waals surface area contributed by atoms with Crippen LogP contribution in [0.2, 0.25) is 5.28 Å². The lowest BCUT2D eigenvalue weighted by molar-refractivity contribution is -0.120. The van der Waals surface area contributed by atoms with Gasteiger partial charge in [0.1, 0.15) is 30.7 Å². The number of terminal acetylenes is 1. The van der Waals surface area contributed by atoms with E-state index in [0.29, 0.717) is 45.0 Å². The fourth-order valence-electron chi connectivity index (χ4n) is 5.14. The summed E-state index contributed by atoms with van der Waals surface area (Å²) in [6.45, 7) is 2.20. The van der Waals surface area contributed by atoms with E-state index in [0.717, 1.165) is 10.2 Å². The number of halogens is 1. The lowest BCUT2D eigenvalue weighted by Crippen LogP contribution is -2.39. The van der Waals surface area contributed by atoms with Gasteiger partial charge in [0, 0.05) is 13.1 Å². The number of carbonyl (C=O) groups is 1. The minimum atomic E-state index is -4.90. The molecule has 0 saturated carbocycles. The zero-order valence-corrected chi connectivity index (χ0v) is 31.5. The van der Waals surface area contributed by atoms with E-state index in [1.807, 2.05) is 30.3 Å². The highest BCUT2D eigenvalue weighted by Crippen LogP contribution is 2.55. The zero-order chi connectivity index (χ0) is 39.1. The molecule has 0 radical (unpaired) electrons. The standard InChI is InChI=1S/C31H43ClN6O14P2/c1-2-9-47-11-13-49-15-16-50-14-12-48-10-8-33-25(39)19-37(18-22-6-4-3-5-7-22)28-23-17-34-38(29(23)36-31(32)35-28)30-27(41)26(40)24(52-30)20-51-54(45,46)21-53(42,43)44/h1,3-7,17,24,26-27,30,40-41H,8-16,18-21H2,(H,33,39)(H,45,46)(H2,42,43,44)/t24-,26-,27-,30-/m1/s1. The van der Waals surface area contributed by atoms with E-state index < -0.39 is 52.2 Å². The molecular weight excluding hydrogens is 778 g/mol. The Labute approximate surface area is 315 Å². The first kappa shape index (κ1) is 43.6. The summed E-state index contributed by atoms with van der Waals surface area (Å²) in [6.07, 6.45) is 0.350. The molecule has 1 unspecified atom stereocenters. The van der Waals surface area contributed by atoms with E-state index >= 15 is 0 Å². The molecule has 0 bridgehead atoms. The van der Waals surface area contributed by atoms with E-state index in [2.05, 4.69) is 26.3 Å². The molecule has 298 valence electrons. The monoisotopic (exact) mass is 820 g/mol. The summed E-state index contributed by atoms with van der Waals surface area (Å²) in [5, 5.41) is 28.6. The third kappa shape index (κ3) is 13.9. The van der Waals surface area contributed by atoms with Gasteiger partial charge in [-0.15, -0.1) is 6.42 Å². The van der Waals surface area contributed by atoms with Crippen molar-refractivity contribution < 1.29 is 67.0 Å². The van der Waals surface area contributed by atoms with E-state index in [1.165, 1.54) is 6.20 Å². The molecule has 1 amide bonds. The summed E-state index contributed by atoms with van der Waals surface area (Å²) in [5.74, 6) is 0.792. The quantitative estimate of drug-likeness (QED) is 0.0306. The maximum atomic E-state index is 13.2. The number of rotatable bonds is 24. The number of anilines is 1. The molecule has 23 heteroatoms. The van der Waals surface area contributed by atoms with Gasteiger partial charge in [-0.25, -0.2) is 4.68 Å². The molecule has 3 heterocycles. The molecular formula is C31H43ClN6O14P2. The molecule has 1 aromatic carbocycles. The second-order valence-electron chi connectivity index (χ2n) is 11.7. The third-order valence-corrected chi connectivity index (χ3v) is 11.1. The predicted molar refractivity (Wildman–Crippen MR) is 192 cm³/mol. The summed E-state index contributed by atoms with van der Waals surface area (Å²) in [4.78, 5) is 51.4. The van der Waals surface area contributed by atoms with Crippen LogP contribution in [0.25, 0.3) is 11.0 Å². The number of hydrogen-bond donors (Lipinski definition) is 6. The number of carbonyl (C=O) groups excluding carboxylic acids is 1. The Balaban J connectivity index is 1.37. The van der Waals surface area contributed by atoms with E-state index in [9.17, 15) is 29.0 Å². The number of amides is 1. The fraction of sp³-hybridized carbons (Fsp3) is 0.548. The summed E-state index contributed by atoms with van der Waals surface area (Å²) in [6, 6.07) is 9.25. The molecule has 1 saturated heterocycles. The van der Waals surface area contributed by atoms with Crippen molar-refractivity contribution in [2.24, 2.45) is 0 Å². The maximum absolute atomic E-state index is 13.2. The van der Waals surface area contributed by atoms with Gasteiger partial charge in [-0.2, -0.15) is 15.1 Å². The van der Waals surface area contributed by atoms with Gasteiger partial charge in [-0.05, 0) is 17.2 Å². The van der Waals surface area contributed by atoms with Crippen LogP contribution in [-0.4, -0.2) is 147 Å². The number of fused-ring (bicyclic) bond motifs is 1. The van der Waals surface area contributed by atoms with Gasteiger partial charge in [-0.1, -0.05) is 36.3 Å². The van der Waals surface area contributed by atoms with Gasteiger partial charge in [0.15, 0.2) is 17.8 Å². The first-order chi connectivity index (χ1) is 25.8. The minimum absolute atomic E-state index is 0.0619. The second-order valence-corrected chi connectivity index (χ2v) is 16.0. The van der Waals surface area contributed by atoms with Crippen molar-refractivity contribution in [3.8, 4) is 12.3 Å². The van der Waals surface area contributed by atoms with E-state index in [4.69, 9.17) is 56.0 Å². The normalized spacial score (nSPS) is 19.8. The van der Waals surface area contributed by atoms with Gasteiger partial charge >= 0.3 is 15.2 Å². The van der Waals surface area contributed by atoms with Crippen LogP contribution in [0.3, 0.4) is 0 Å². The SMILES string of the molecule is C#CCOCCOCCOCCOCCNC(=O)CN(Cc1ccccc1)c1nc(Cl)nc2c1cnn2[C@@H]1O[C@H](COP(=O)(O)CP(=O)(O)O)[C@@H](O)[C@H]1O. The summed E-state index contributed by atoms with van der Waals surface area (Å²) in [5.41, 5.74) is 0.902. The zero-order valence-electron chi connectivity index (χ0n) is 29.0. The Kier molecular flexibility index (Phi) is 17.2. The van der Waals surface area contributed by atoms with Crippen LogP contribution in [0.5, 0.6) is 0 Å². The van der Waals surface area contributed by atoms with Crippen molar-refractivity contribution in [2.75, 3.05) is 83.4 Å². The summed E-state index contributed by atoms with van der Waals surface area (Å²) in [7, 11) is -9.68. The Bertz CT molecular complexity index is 1780. The average Bonchev–Trinajstić information content (AvgIpc) is 3.65. The molecule has 0 aliphatic carbocycles. The molecule has 2 aromatic heterocycles. The smallest absolute Gasteiger partial charge is 0.340 e. The maximum Gasteiger partial charge on any atom is 0.340 e. The summed E-state index contributed by atoms with van der Waals surface area (Å²) < 4.78 is 56.4. The van der Waals surface area contributed by atoms with Crippen LogP contribution in [0.15, 0.2) is 36.5 Å². The molecule has 1 aliphatic heterocycles. The Morgan fingerprint density at radius 1 is 0.981 bits per heavy atom. The van der Waals surface area contributed by atoms with Gasteiger partial charge in [0.05, 0.1) is 71.0 Å².